The van der Waals surface area contributed by atoms with Gasteiger partial charge in [-0.1, -0.05) is 11.3 Å². The van der Waals surface area contributed by atoms with Gasteiger partial charge in [0.05, 0.1) is 19.9 Å². The maximum absolute atomic E-state index is 11.5. The average molecular weight is 373 g/mol. The SMILES string of the molecule is COC(=O)c1ccc(CN2CCC(c3nnc(-c4ccco4)s3)CC2)o1. The van der Waals surface area contributed by atoms with Gasteiger partial charge < -0.3 is 13.6 Å². The standard InChI is InChI=1S/C18H19N3O4S/c1-23-18(22)15-5-4-13(25-15)11-21-8-6-12(7-9-21)16-19-20-17(26-16)14-3-2-10-24-14/h2-5,10,12H,6-9,11H2,1H3. The lowest BCUT2D eigenvalue weighted by Crippen LogP contribution is -2.32. The van der Waals surface area contributed by atoms with Crippen molar-refractivity contribution < 1.29 is 18.4 Å². The summed E-state index contributed by atoms with van der Waals surface area (Å²) in [5.74, 6) is 1.77. The Morgan fingerprint density at radius 1 is 1.31 bits per heavy atom. The van der Waals surface area contributed by atoms with Crippen molar-refractivity contribution in [2.24, 2.45) is 0 Å². The molecule has 0 bridgehead atoms. The number of rotatable bonds is 5. The number of methoxy groups -OCH3 is 1. The average Bonchev–Trinajstić information content (AvgIpc) is 3.42. The third-order valence-electron chi connectivity index (χ3n) is 4.54. The summed E-state index contributed by atoms with van der Waals surface area (Å²) >= 11 is 1.61. The van der Waals surface area contributed by atoms with Crippen LogP contribution in [0.4, 0.5) is 0 Å². The molecule has 3 aromatic heterocycles. The van der Waals surface area contributed by atoms with Crippen molar-refractivity contribution in [2.45, 2.75) is 25.3 Å². The third-order valence-corrected chi connectivity index (χ3v) is 5.64. The number of carbonyl (C=O) groups is 1. The lowest BCUT2D eigenvalue weighted by atomic mass is 9.97. The second-order valence-corrected chi connectivity index (χ2v) is 7.24. The first-order chi connectivity index (χ1) is 12.7. The maximum atomic E-state index is 11.5. The van der Waals surface area contributed by atoms with Gasteiger partial charge in [-0.15, -0.1) is 10.2 Å². The molecule has 4 heterocycles. The van der Waals surface area contributed by atoms with Crippen molar-refractivity contribution in [3.63, 3.8) is 0 Å². The zero-order valence-corrected chi connectivity index (χ0v) is 15.2. The highest BCUT2D eigenvalue weighted by Gasteiger charge is 2.25. The molecule has 0 aliphatic carbocycles. The Balaban J connectivity index is 1.33. The quantitative estimate of drug-likeness (QED) is 0.633. The third kappa shape index (κ3) is 3.56. The monoisotopic (exact) mass is 373 g/mol. The van der Waals surface area contributed by atoms with E-state index in [0.717, 1.165) is 47.5 Å². The Kier molecular flexibility index (Phi) is 4.85. The van der Waals surface area contributed by atoms with E-state index in [1.807, 2.05) is 18.2 Å². The van der Waals surface area contributed by atoms with Crippen molar-refractivity contribution in [1.29, 1.82) is 0 Å². The predicted molar refractivity (Wildman–Crippen MR) is 94.9 cm³/mol. The van der Waals surface area contributed by atoms with Gasteiger partial charge in [-0.3, -0.25) is 4.90 Å². The van der Waals surface area contributed by atoms with Crippen molar-refractivity contribution >= 4 is 17.3 Å². The van der Waals surface area contributed by atoms with Gasteiger partial charge in [-0.2, -0.15) is 0 Å². The van der Waals surface area contributed by atoms with Crippen LogP contribution in [0, 0.1) is 0 Å². The van der Waals surface area contributed by atoms with E-state index in [0.29, 0.717) is 12.5 Å². The Morgan fingerprint density at radius 2 is 2.15 bits per heavy atom. The smallest absolute Gasteiger partial charge is 0.373 e. The van der Waals surface area contributed by atoms with E-state index in [-0.39, 0.29) is 5.76 Å². The van der Waals surface area contributed by atoms with Crippen LogP contribution >= 0.6 is 11.3 Å². The molecule has 8 heteroatoms. The highest BCUT2D eigenvalue weighted by Crippen LogP contribution is 2.33. The summed E-state index contributed by atoms with van der Waals surface area (Å²) in [6.45, 7) is 2.60. The summed E-state index contributed by atoms with van der Waals surface area (Å²) in [6, 6.07) is 7.25. The number of piperidine rings is 1. The minimum Gasteiger partial charge on any atom is -0.463 e. The number of ether oxygens (including phenoxy) is 1. The number of likely N-dealkylation sites (tertiary alicyclic amines) is 1. The van der Waals surface area contributed by atoms with Gasteiger partial charge >= 0.3 is 5.97 Å². The molecule has 0 radical (unpaired) electrons. The fraction of sp³-hybridized carbons (Fsp3) is 0.389. The lowest BCUT2D eigenvalue weighted by Gasteiger charge is -2.30. The van der Waals surface area contributed by atoms with E-state index in [9.17, 15) is 4.79 Å². The summed E-state index contributed by atoms with van der Waals surface area (Å²) in [6.07, 6.45) is 3.70. The van der Waals surface area contributed by atoms with Crippen LogP contribution in [0.15, 0.2) is 39.4 Å². The molecule has 1 fully saturated rings. The van der Waals surface area contributed by atoms with Gasteiger partial charge in [0.2, 0.25) is 5.76 Å². The van der Waals surface area contributed by atoms with Crippen LogP contribution in [-0.2, 0) is 11.3 Å². The number of furan rings is 2. The molecule has 0 atom stereocenters. The van der Waals surface area contributed by atoms with Crippen molar-refractivity contribution in [3.05, 3.63) is 47.1 Å². The second-order valence-electron chi connectivity index (χ2n) is 6.23. The van der Waals surface area contributed by atoms with E-state index >= 15 is 0 Å². The normalized spacial score (nSPS) is 16.0. The molecule has 1 aliphatic heterocycles. The van der Waals surface area contributed by atoms with Gasteiger partial charge in [-0.25, -0.2) is 4.79 Å². The molecule has 7 nitrogen and oxygen atoms in total. The van der Waals surface area contributed by atoms with E-state index in [1.54, 1.807) is 23.7 Å². The van der Waals surface area contributed by atoms with Gasteiger partial charge in [-0.05, 0) is 50.2 Å². The maximum Gasteiger partial charge on any atom is 0.373 e. The summed E-state index contributed by atoms with van der Waals surface area (Å²) in [4.78, 5) is 13.8. The zero-order chi connectivity index (χ0) is 17.9. The number of aromatic nitrogens is 2. The predicted octanol–water partition coefficient (Wildman–Crippen LogP) is 3.56. The van der Waals surface area contributed by atoms with Gasteiger partial charge in [0, 0.05) is 5.92 Å². The topological polar surface area (TPSA) is 81.6 Å². The number of nitrogens with zero attached hydrogens (tertiary/aromatic N) is 3. The van der Waals surface area contributed by atoms with Crippen LogP contribution in [-0.4, -0.2) is 41.3 Å². The molecule has 4 rings (SSSR count). The molecule has 1 aliphatic rings. The Labute approximate surface area is 154 Å². The van der Waals surface area contributed by atoms with E-state index in [1.165, 1.54) is 7.11 Å². The van der Waals surface area contributed by atoms with Gasteiger partial charge in [0.1, 0.15) is 10.8 Å². The molecular weight excluding hydrogens is 354 g/mol. The highest BCUT2D eigenvalue weighted by molar-refractivity contribution is 7.14. The highest BCUT2D eigenvalue weighted by atomic mass is 32.1. The summed E-state index contributed by atoms with van der Waals surface area (Å²) < 4.78 is 15.6. The molecule has 1 saturated heterocycles. The molecule has 0 aromatic carbocycles. The first-order valence-electron chi connectivity index (χ1n) is 8.49. The van der Waals surface area contributed by atoms with Crippen molar-refractivity contribution in [3.8, 4) is 10.8 Å². The van der Waals surface area contributed by atoms with Crippen LogP contribution in [0.2, 0.25) is 0 Å². The van der Waals surface area contributed by atoms with Crippen LogP contribution in [0.5, 0.6) is 0 Å². The Hall–Kier alpha value is -2.45. The Bertz CT molecular complexity index is 863. The molecule has 3 aromatic rings. The summed E-state index contributed by atoms with van der Waals surface area (Å²) in [7, 11) is 1.35. The molecule has 26 heavy (non-hydrogen) atoms. The van der Waals surface area contributed by atoms with Crippen molar-refractivity contribution in [1.82, 2.24) is 15.1 Å². The molecule has 0 spiro atoms. The second kappa shape index (κ2) is 7.43. The first kappa shape index (κ1) is 17.0. The van der Waals surface area contributed by atoms with Crippen LogP contribution in [0.25, 0.3) is 10.8 Å². The van der Waals surface area contributed by atoms with Crippen LogP contribution in [0.3, 0.4) is 0 Å². The molecule has 0 saturated carbocycles. The lowest BCUT2D eigenvalue weighted by molar-refractivity contribution is 0.0560. The van der Waals surface area contributed by atoms with Crippen molar-refractivity contribution in [2.75, 3.05) is 20.2 Å². The fourth-order valence-electron chi connectivity index (χ4n) is 3.13. The molecule has 0 unspecified atom stereocenters. The largest absolute Gasteiger partial charge is 0.463 e. The Morgan fingerprint density at radius 3 is 2.88 bits per heavy atom. The number of hydrogen-bond acceptors (Lipinski definition) is 8. The summed E-state index contributed by atoms with van der Waals surface area (Å²) in [5.41, 5.74) is 0. The summed E-state index contributed by atoms with van der Waals surface area (Å²) in [5, 5.41) is 10.5. The number of esters is 1. The van der Waals surface area contributed by atoms with Crippen LogP contribution < -0.4 is 0 Å². The van der Waals surface area contributed by atoms with E-state index < -0.39 is 5.97 Å². The van der Waals surface area contributed by atoms with E-state index in [2.05, 4.69) is 19.8 Å². The van der Waals surface area contributed by atoms with Gasteiger partial charge in [0.15, 0.2) is 10.8 Å². The van der Waals surface area contributed by atoms with Crippen LogP contribution in [0.1, 0.15) is 40.1 Å². The minimum atomic E-state index is -0.446. The molecule has 136 valence electrons. The number of carbonyl (C=O) groups excluding carboxylic acids is 1. The van der Waals surface area contributed by atoms with Gasteiger partial charge in [0.25, 0.3) is 0 Å². The fourth-order valence-corrected chi connectivity index (χ4v) is 4.11. The first-order valence-corrected chi connectivity index (χ1v) is 9.31. The number of hydrogen-bond donors (Lipinski definition) is 0. The van der Waals surface area contributed by atoms with E-state index in [4.69, 9.17) is 8.83 Å². The minimum absolute atomic E-state index is 0.247. The molecular formula is C18H19N3O4S. The molecule has 0 N–H and O–H groups in total. The zero-order valence-electron chi connectivity index (χ0n) is 14.4. The molecule has 0 amide bonds.